The van der Waals surface area contributed by atoms with Gasteiger partial charge in [0.1, 0.15) is 10.8 Å². The fraction of sp³-hybridized carbons (Fsp3) is 0.375. The van der Waals surface area contributed by atoms with E-state index in [4.69, 9.17) is 21.1 Å². The molecule has 0 saturated carbocycles. The van der Waals surface area contributed by atoms with E-state index in [1.54, 1.807) is 0 Å². The van der Waals surface area contributed by atoms with Gasteiger partial charge in [-0.15, -0.1) is 10.2 Å². The van der Waals surface area contributed by atoms with Crippen LogP contribution < -0.4 is 15.4 Å². The number of benzene rings is 1. The Labute approximate surface area is 159 Å². The second kappa shape index (κ2) is 9.46. The maximum absolute atomic E-state index is 12.5. The van der Waals surface area contributed by atoms with Gasteiger partial charge in [0.15, 0.2) is 0 Å². The van der Waals surface area contributed by atoms with Gasteiger partial charge in [-0.25, -0.2) is 0 Å². The lowest BCUT2D eigenvalue weighted by molar-refractivity contribution is -0.114. The third-order valence-corrected chi connectivity index (χ3v) is 4.41. The molecule has 0 atom stereocenters. The third kappa shape index (κ3) is 5.38. The molecule has 0 saturated heterocycles. The summed E-state index contributed by atoms with van der Waals surface area (Å²) < 4.78 is 10.5. The van der Waals surface area contributed by atoms with Crippen LogP contribution in [0.1, 0.15) is 29.2 Å². The van der Waals surface area contributed by atoms with Gasteiger partial charge in [0.05, 0.1) is 30.0 Å². The first-order valence-corrected chi connectivity index (χ1v) is 9.00. The molecule has 0 aliphatic heterocycles. The van der Waals surface area contributed by atoms with Crippen molar-refractivity contribution < 1.29 is 19.1 Å². The summed E-state index contributed by atoms with van der Waals surface area (Å²) in [5.41, 5.74) is 0.583. The van der Waals surface area contributed by atoms with Gasteiger partial charge >= 0.3 is 0 Å². The highest BCUT2D eigenvalue weighted by atomic mass is 35.5. The van der Waals surface area contributed by atoms with Crippen molar-refractivity contribution >= 4 is 45.6 Å². The minimum Gasteiger partial charge on any atom is -0.496 e. The number of hydrogen-bond donors (Lipinski definition) is 2. The van der Waals surface area contributed by atoms with Gasteiger partial charge in [-0.3, -0.25) is 14.9 Å². The zero-order valence-corrected chi connectivity index (χ0v) is 16.2. The van der Waals surface area contributed by atoms with Crippen LogP contribution >= 0.6 is 22.9 Å². The Morgan fingerprint density at radius 3 is 2.69 bits per heavy atom. The quantitative estimate of drug-likeness (QED) is 0.662. The lowest BCUT2D eigenvalue weighted by atomic mass is 10.1. The highest BCUT2D eigenvalue weighted by molar-refractivity contribution is 7.15. The molecule has 0 unspecified atom stereocenters. The average molecular weight is 399 g/mol. The fourth-order valence-electron chi connectivity index (χ4n) is 2.06. The number of carbonyl (C=O) groups excluding carboxylic acids is 2. The van der Waals surface area contributed by atoms with Crippen LogP contribution in [0.4, 0.5) is 10.8 Å². The second-order valence-corrected chi connectivity index (χ2v) is 6.58. The minimum absolute atomic E-state index is 0.220. The summed E-state index contributed by atoms with van der Waals surface area (Å²) in [6.07, 6.45) is 0.627. The molecule has 140 valence electrons. The SMILES string of the molecule is CCOCCc1nnc(NC(=O)c2cc(Cl)c(NC(C)=O)cc2OC)s1. The summed E-state index contributed by atoms with van der Waals surface area (Å²) in [7, 11) is 1.42. The second-order valence-electron chi connectivity index (χ2n) is 5.12. The number of aromatic nitrogens is 2. The highest BCUT2D eigenvalue weighted by Gasteiger charge is 2.18. The number of ether oxygens (including phenoxy) is 2. The molecule has 0 spiro atoms. The number of amides is 2. The van der Waals surface area contributed by atoms with Crippen LogP contribution in [0.25, 0.3) is 0 Å². The third-order valence-electron chi connectivity index (χ3n) is 3.20. The van der Waals surface area contributed by atoms with Crippen molar-refractivity contribution in [2.24, 2.45) is 0 Å². The fourth-order valence-corrected chi connectivity index (χ4v) is 2.99. The van der Waals surface area contributed by atoms with Gasteiger partial charge in [0.2, 0.25) is 11.0 Å². The van der Waals surface area contributed by atoms with Gasteiger partial charge in [-0.1, -0.05) is 22.9 Å². The number of rotatable bonds is 8. The first-order valence-electron chi connectivity index (χ1n) is 7.81. The molecule has 0 aliphatic rings. The maximum atomic E-state index is 12.5. The number of nitrogens with one attached hydrogen (secondary N) is 2. The van der Waals surface area contributed by atoms with Crippen molar-refractivity contribution in [2.75, 3.05) is 31.0 Å². The first kappa shape index (κ1) is 20.1. The van der Waals surface area contributed by atoms with Crippen LogP contribution in [-0.4, -0.2) is 42.3 Å². The highest BCUT2D eigenvalue weighted by Crippen LogP contribution is 2.31. The van der Waals surface area contributed by atoms with Crippen molar-refractivity contribution in [1.29, 1.82) is 0 Å². The van der Waals surface area contributed by atoms with E-state index in [2.05, 4.69) is 20.8 Å². The molecule has 2 aromatic rings. The van der Waals surface area contributed by atoms with Crippen molar-refractivity contribution in [3.63, 3.8) is 0 Å². The van der Waals surface area contributed by atoms with Crippen molar-refractivity contribution in [3.8, 4) is 5.75 Å². The van der Waals surface area contributed by atoms with Crippen LogP contribution in [0, 0.1) is 0 Å². The Morgan fingerprint density at radius 2 is 2.04 bits per heavy atom. The van der Waals surface area contributed by atoms with E-state index in [0.29, 0.717) is 30.5 Å². The smallest absolute Gasteiger partial charge is 0.261 e. The van der Waals surface area contributed by atoms with E-state index in [0.717, 1.165) is 5.01 Å². The molecule has 8 nitrogen and oxygen atoms in total. The Bertz CT molecular complexity index is 797. The Kier molecular flexibility index (Phi) is 7.31. The molecule has 26 heavy (non-hydrogen) atoms. The van der Waals surface area contributed by atoms with Crippen LogP contribution in [0.3, 0.4) is 0 Å². The molecule has 1 aromatic carbocycles. The van der Waals surface area contributed by atoms with E-state index < -0.39 is 5.91 Å². The number of carbonyl (C=O) groups is 2. The molecule has 10 heteroatoms. The predicted molar refractivity (Wildman–Crippen MR) is 100 cm³/mol. The van der Waals surface area contributed by atoms with E-state index in [-0.39, 0.29) is 22.2 Å². The summed E-state index contributed by atoms with van der Waals surface area (Å²) in [5, 5.41) is 14.6. The summed E-state index contributed by atoms with van der Waals surface area (Å²) in [6.45, 7) is 4.47. The molecule has 2 N–H and O–H groups in total. The predicted octanol–water partition coefficient (Wildman–Crippen LogP) is 2.99. The van der Waals surface area contributed by atoms with Crippen LogP contribution in [0.5, 0.6) is 5.75 Å². The molecule has 0 bridgehead atoms. The molecule has 1 heterocycles. The van der Waals surface area contributed by atoms with Gasteiger partial charge in [0.25, 0.3) is 5.91 Å². The van der Waals surface area contributed by atoms with Crippen LogP contribution in [0.15, 0.2) is 12.1 Å². The maximum Gasteiger partial charge on any atom is 0.261 e. The lowest BCUT2D eigenvalue weighted by Crippen LogP contribution is -2.14. The number of anilines is 2. The normalized spacial score (nSPS) is 10.5. The van der Waals surface area contributed by atoms with Crippen molar-refractivity contribution in [3.05, 3.63) is 27.7 Å². The number of halogens is 1. The number of methoxy groups -OCH3 is 1. The summed E-state index contributed by atoms with van der Waals surface area (Å²) in [6, 6.07) is 2.92. The largest absolute Gasteiger partial charge is 0.496 e. The number of nitrogens with zero attached hydrogens (tertiary/aromatic N) is 2. The van der Waals surface area contributed by atoms with Crippen molar-refractivity contribution in [2.45, 2.75) is 20.3 Å². The van der Waals surface area contributed by atoms with Crippen LogP contribution in [-0.2, 0) is 16.0 Å². The summed E-state index contributed by atoms with van der Waals surface area (Å²) in [5.74, 6) is -0.443. The molecule has 0 fully saturated rings. The Balaban J connectivity index is 2.13. The zero-order chi connectivity index (χ0) is 19.1. The van der Waals surface area contributed by atoms with E-state index in [9.17, 15) is 9.59 Å². The average Bonchev–Trinajstić information content (AvgIpc) is 3.03. The molecular formula is C16H19ClN4O4S. The Hall–Kier alpha value is -2.23. The van der Waals surface area contributed by atoms with Crippen molar-refractivity contribution in [1.82, 2.24) is 10.2 Å². The van der Waals surface area contributed by atoms with Gasteiger partial charge in [0, 0.05) is 26.0 Å². The Morgan fingerprint density at radius 1 is 1.27 bits per heavy atom. The molecule has 1 aromatic heterocycles. The van der Waals surface area contributed by atoms with Crippen LogP contribution in [0.2, 0.25) is 5.02 Å². The molecule has 2 rings (SSSR count). The van der Waals surface area contributed by atoms with E-state index >= 15 is 0 Å². The van der Waals surface area contributed by atoms with Gasteiger partial charge in [-0.2, -0.15) is 0 Å². The topological polar surface area (TPSA) is 102 Å². The zero-order valence-electron chi connectivity index (χ0n) is 14.6. The lowest BCUT2D eigenvalue weighted by Gasteiger charge is -2.12. The van der Waals surface area contributed by atoms with Gasteiger partial charge in [-0.05, 0) is 13.0 Å². The molecular weight excluding hydrogens is 380 g/mol. The molecule has 0 aliphatic carbocycles. The summed E-state index contributed by atoms with van der Waals surface area (Å²) >= 11 is 7.41. The van der Waals surface area contributed by atoms with E-state index in [1.807, 2.05) is 6.92 Å². The van der Waals surface area contributed by atoms with Gasteiger partial charge < -0.3 is 14.8 Å². The minimum atomic E-state index is -0.439. The monoisotopic (exact) mass is 398 g/mol. The standard InChI is InChI=1S/C16H19ClN4O4S/c1-4-25-6-5-14-20-21-16(26-14)19-15(23)10-7-11(17)12(18-9(2)22)8-13(10)24-3/h7-8H,4-6H2,1-3H3,(H,18,22)(H,19,21,23). The summed E-state index contributed by atoms with van der Waals surface area (Å²) in [4.78, 5) is 23.7. The first-order chi connectivity index (χ1) is 12.4. The number of hydrogen-bond acceptors (Lipinski definition) is 7. The van der Waals surface area contributed by atoms with E-state index in [1.165, 1.54) is 37.5 Å². The molecule has 0 radical (unpaired) electrons. The molecule has 2 amide bonds.